The van der Waals surface area contributed by atoms with Gasteiger partial charge < -0.3 is 10.2 Å². The summed E-state index contributed by atoms with van der Waals surface area (Å²) in [6.45, 7) is 0.199. The molecule has 1 N–H and O–H groups in total. The zero-order valence-corrected chi connectivity index (χ0v) is 11.3. The summed E-state index contributed by atoms with van der Waals surface area (Å²) < 4.78 is 0.848. The van der Waals surface area contributed by atoms with Gasteiger partial charge in [-0.05, 0) is 24.5 Å². The zero-order valence-electron chi connectivity index (χ0n) is 9.73. The van der Waals surface area contributed by atoms with Crippen molar-refractivity contribution in [2.75, 3.05) is 6.54 Å². The van der Waals surface area contributed by atoms with Crippen LogP contribution in [0.3, 0.4) is 0 Å². The van der Waals surface area contributed by atoms with Crippen LogP contribution in [0.5, 0.6) is 0 Å². The number of carbonyl (C=O) groups excluding carboxylic acids is 2. The number of nitrogens with zero attached hydrogens (tertiary/aromatic N) is 1. The van der Waals surface area contributed by atoms with Crippen LogP contribution in [0.25, 0.3) is 0 Å². The van der Waals surface area contributed by atoms with Crippen LogP contribution in [0.2, 0.25) is 0 Å². The number of benzene rings is 1. The maximum atomic E-state index is 12.4. The molecule has 1 saturated heterocycles. The third kappa shape index (κ3) is 2.03. The highest BCUT2D eigenvalue weighted by molar-refractivity contribution is 9.10. The van der Waals surface area contributed by atoms with Crippen LogP contribution in [0, 0.1) is 0 Å². The highest BCUT2D eigenvalue weighted by Gasteiger charge is 2.41. The smallest absolute Gasteiger partial charge is 0.250 e. The topological polar surface area (TPSA) is 49.4 Å². The fourth-order valence-electron chi connectivity index (χ4n) is 2.28. The summed E-state index contributed by atoms with van der Waals surface area (Å²) in [5, 5.41) is 2.78. The van der Waals surface area contributed by atoms with E-state index in [9.17, 15) is 9.59 Å². The van der Waals surface area contributed by atoms with E-state index in [0.717, 1.165) is 22.9 Å². The number of hydrogen-bond donors (Lipinski definition) is 1. The molecule has 1 aromatic rings. The number of nitrogens with one attached hydrogen (secondary N) is 1. The standard InChI is InChI=1S/C13H13BrN2O2/c14-10-4-2-1-3-9(10)12-13(18)16(8-5-6-8)7-11(17)15-12/h1-4,8,12H,5-7H2,(H,15,17)/t12-/m1/s1. The Balaban J connectivity index is 1.93. The molecule has 1 heterocycles. The SMILES string of the molecule is O=C1CN(C2CC2)C(=O)[C@@H](c2ccccc2Br)N1. The van der Waals surface area contributed by atoms with Gasteiger partial charge in [0.1, 0.15) is 6.04 Å². The van der Waals surface area contributed by atoms with Crippen LogP contribution in [-0.2, 0) is 9.59 Å². The Morgan fingerprint density at radius 2 is 1.94 bits per heavy atom. The van der Waals surface area contributed by atoms with Crippen molar-refractivity contribution >= 4 is 27.7 Å². The fraction of sp³-hybridized carbons (Fsp3) is 0.385. The Labute approximate surface area is 113 Å². The summed E-state index contributed by atoms with van der Waals surface area (Å²) in [6, 6.07) is 7.22. The van der Waals surface area contributed by atoms with Crippen molar-refractivity contribution in [2.45, 2.75) is 24.9 Å². The van der Waals surface area contributed by atoms with E-state index in [1.807, 2.05) is 24.3 Å². The van der Waals surface area contributed by atoms with Crippen LogP contribution in [0.15, 0.2) is 28.7 Å². The number of amides is 2. The predicted molar refractivity (Wildman–Crippen MR) is 69.8 cm³/mol. The average molecular weight is 309 g/mol. The molecule has 1 aliphatic heterocycles. The van der Waals surface area contributed by atoms with E-state index in [-0.39, 0.29) is 24.4 Å². The first-order valence-electron chi connectivity index (χ1n) is 6.01. The lowest BCUT2D eigenvalue weighted by Gasteiger charge is -2.33. The Morgan fingerprint density at radius 3 is 2.61 bits per heavy atom. The van der Waals surface area contributed by atoms with Gasteiger partial charge in [-0.1, -0.05) is 34.1 Å². The van der Waals surface area contributed by atoms with Crippen LogP contribution in [0.4, 0.5) is 0 Å². The molecular formula is C13H13BrN2O2. The van der Waals surface area contributed by atoms with E-state index in [1.165, 1.54) is 0 Å². The Morgan fingerprint density at radius 1 is 1.22 bits per heavy atom. The minimum atomic E-state index is -0.553. The second-order valence-corrected chi connectivity index (χ2v) is 5.57. The van der Waals surface area contributed by atoms with E-state index in [2.05, 4.69) is 21.2 Å². The van der Waals surface area contributed by atoms with Crippen molar-refractivity contribution in [2.24, 2.45) is 0 Å². The summed E-state index contributed by atoms with van der Waals surface area (Å²) in [5.74, 6) is -0.0775. The molecular weight excluding hydrogens is 296 g/mol. The van der Waals surface area contributed by atoms with Crippen LogP contribution < -0.4 is 5.32 Å². The molecule has 0 unspecified atom stereocenters. The molecule has 5 heteroatoms. The van der Waals surface area contributed by atoms with Crippen molar-refractivity contribution < 1.29 is 9.59 Å². The second kappa shape index (κ2) is 4.39. The number of hydrogen-bond acceptors (Lipinski definition) is 2. The zero-order chi connectivity index (χ0) is 12.7. The van der Waals surface area contributed by atoms with E-state index in [1.54, 1.807) is 4.90 Å². The first-order valence-corrected chi connectivity index (χ1v) is 6.80. The second-order valence-electron chi connectivity index (χ2n) is 4.72. The van der Waals surface area contributed by atoms with Gasteiger partial charge in [-0.3, -0.25) is 9.59 Å². The summed E-state index contributed by atoms with van der Waals surface area (Å²) in [7, 11) is 0. The number of carbonyl (C=O) groups is 2. The van der Waals surface area contributed by atoms with E-state index in [4.69, 9.17) is 0 Å². The lowest BCUT2D eigenvalue weighted by atomic mass is 10.0. The minimum Gasteiger partial charge on any atom is -0.339 e. The molecule has 1 saturated carbocycles. The average Bonchev–Trinajstić information content (AvgIpc) is 3.17. The largest absolute Gasteiger partial charge is 0.339 e. The van der Waals surface area contributed by atoms with E-state index in [0.29, 0.717) is 0 Å². The first-order chi connectivity index (χ1) is 8.66. The quantitative estimate of drug-likeness (QED) is 0.902. The van der Waals surface area contributed by atoms with Gasteiger partial charge in [0.25, 0.3) is 5.91 Å². The van der Waals surface area contributed by atoms with Gasteiger partial charge in [-0.2, -0.15) is 0 Å². The van der Waals surface area contributed by atoms with Gasteiger partial charge in [0.15, 0.2) is 0 Å². The summed E-state index contributed by atoms with van der Waals surface area (Å²) in [5.41, 5.74) is 0.821. The highest BCUT2D eigenvalue weighted by atomic mass is 79.9. The minimum absolute atomic E-state index is 0.00370. The van der Waals surface area contributed by atoms with Crippen molar-refractivity contribution in [1.29, 1.82) is 0 Å². The molecule has 0 bridgehead atoms. The molecule has 1 aliphatic carbocycles. The number of piperazine rings is 1. The first kappa shape index (κ1) is 11.7. The Bertz CT molecular complexity index is 513. The monoisotopic (exact) mass is 308 g/mol. The van der Waals surface area contributed by atoms with E-state index >= 15 is 0 Å². The molecule has 0 spiro atoms. The molecule has 2 fully saturated rings. The Kier molecular flexibility index (Phi) is 2.86. The summed E-state index contributed by atoms with van der Waals surface area (Å²) >= 11 is 3.43. The van der Waals surface area contributed by atoms with Crippen LogP contribution in [0.1, 0.15) is 24.4 Å². The van der Waals surface area contributed by atoms with Gasteiger partial charge in [0.2, 0.25) is 5.91 Å². The maximum absolute atomic E-state index is 12.4. The van der Waals surface area contributed by atoms with Crippen molar-refractivity contribution in [3.63, 3.8) is 0 Å². The van der Waals surface area contributed by atoms with Gasteiger partial charge in [0.05, 0.1) is 6.54 Å². The molecule has 1 atom stereocenters. The van der Waals surface area contributed by atoms with Crippen LogP contribution in [-0.4, -0.2) is 29.3 Å². The van der Waals surface area contributed by atoms with Gasteiger partial charge in [-0.25, -0.2) is 0 Å². The number of halogens is 1. The molecule has 0 aromatic heterocycles. The van der Waals surface area contributed by atoms with Gasteiger partial charge in [-0.15, -0.1) is 0 Å². The molecule has 2 amide bonds. The molecule has 1 aromatic carbocycles. The van der Waals surface area contributed by atoms with Gasteiger partial charge >= 0.3 is 0 Å². The van der Waals surface area contributed by atoms with Gasteiger partial charge in [0, 0.05) is 10.5 Å². The van der Waals surface area contributed by atoms with Crippen molar-refractivity contribution in [3.05, 3.63) is 34.3 Å². The summed E-state index contributed by atoms with van der Waals surface area (Å²) in [4.78, 5) is 25.8. The number of rotatable bonds is 2. The molecule has 3 rings (SSSR count). The van der Waals surface area contributed by atoms with Crippen LogP contribution >= 0.6 is 15.9 Å². The molecule has 0 radical (unpaired) electrons. The lowest BCUT2D eigenvalue weighted by molar-refractivity contribution is -0.145. The maximum Gasteiger partial charge on any atom is 0.250 e. The van der Waals surface area contributed by atoms with E-state index < -0.39 is 6.04 Å². The summed E-state index contributed by atoms with van der Waals surface area (Å²) in [6.07, 6.45) is 2.03. The third-order valence-electron chi connectivity index (χ3n) is 3.35. The van der Waals surface area contributed by atoms with Crippen molar-refractivity contribution in [1.82, 2.24) is 10.2 Å². The molecule has 2 aliphatic rings. The van der Waals surface area contributed by atoms with Crippen molar-refractivity contribution in [3.8, 4) is 0 Å². The third-order valence-corrected chi connectivity index (χ3v) is 4.08. The normalized spacial score (nSPS) is 24.1. The molecule has 4 nitrogen and oxygen atoms in total. The molecule has 94 valence electrons. The fourth-order valence-corrected chi connectivity index (χ4v) is 2.80. The lowest BCUT2D eigenvalue weighted by Crippen LogP contribution is -2.54. The molecule has 18 heavy (non-hydrogen) atoms. The predicted octanol–water partition coefficient (Wildman–Crippen LogP) is 1.61. The Hall–Kier alpha value is -1.36. The highest BCUT2D eigenvalue weighted by Crippen LogP contribution is 2.33.